The third-order valence-corrected chi connectivity index (χ3v) is 3.25. The van der Waals surface area contributed by atoms with Gasteiger partial charge in [-0.05, 0) is 20.9 Å². The molecule has 2 unspecified atom stereocenters. The average molecular weight is 269 g/mol. The van der Waals surface area contributed by atoms with Gasteiger partial charge in [0.2, 0.25) is 0 Å². The molecule has 2 atom stereocenters. The SMILES string of the molecule is CC1CN(C(=O)NC(=O)/C=C/C(=O)O)CC(C)N1C. The predicted octanol–water partition coefficient (Wildman–Crippen LogP) is -0.112. The molecule has 1 aliphatic heterocycles. The van der Waals surface area contributed by atoms with Crippen molar-refractivity contribution in [2.75, 3.05) is 20.1 Å². The zero-order chi connectivity index (χ0) is 14.6. The highest BCUT2D eigenvalue weighted by molar-refractivity contribution is 6.02. The summed E-state index contributed by atoms with van der Waals surface area (Å²) in [5, 5.41) is 10.5. The van der Waals surface area contributed by atoms with Crippen molar-refractivity contribution in [1.29, 1.82) is 0 Å². The van der Waals surface area contributed by atoms with Crippen LogP contribution in [-0.2, 0) is 9.59 Å². The van der Waals surface area contributed by atoms with E-state index in [1.165, 1.54) is 0 Å². The third-order valence-electron chi connectivity index (χ3n) is 3.25. The van der Waals surface area contributed by atoms with E-state index >= 15 is 0 Å². The van der Waals surface area contributed by atoms with Gasteiger partial charge in [0.05, 0.1) is 0 Å². The van der Waals surface area contributed by atoms with E-state index in [-0.39, 0.29) is 12.1 Å². The van der Waals surface area contributed by atoms with Crippen molar-refractivity contribution in [3.63, 3.8) is 0 Å². The molecular weight excluding hydrogens is 250 g/mol. The van der Waals surface area contributed by atoms with Crippen LogP contribution in [0.1, 0.15) is 13.8 Å². The Bertz CT molecular complexity index is 396. The molecule has 0 aromatic rings. The van der Waals surface area contributed by atoms with Crippen LogP contribution in [0.3, 0.4) is 0 Å². The number of nitrogens with one attached hydrogen (secondary N) is 1. The Hall–Kier alpha value is -1.89. The van der Waals surface area contributed by atoms with Gasteiger partial charge in [0, 0.05) is 37.3 Å². The fourth-order valence-corrected chi connectivity index (χ4v) is 1.94. The van der Waals surface area contributed by atoms with Crippen LogP contribution in [0.2, 0.25) is 0 Å². The molecule has 0 radical (unpaired) electrons. The first kappa shape index (κ1) is 15.2. The van der Waals surface area contributed by atoms with Crippen molar-refractivity contribution in [2.24, 2.45) is 0 Å². The number of aliphatic carboxylic acids is 1. The third kappa shape index (κ3) is 4.36. The lowest BCUT2D eigenvalue weighted by Crippen LogP contribution is -2.58. The van der Waals surface area contributed by atoms with Crippen molar-refractivity contribution in [3.05, 3.63) is 12.2 Å². The number of urea groups is 1. The van der Waals surface area contributed by atoms with Gasteiger partial charge in [-0.25, -0.2) is 9.59 Å². The summed E-state index contributed by atoms with van der Waals surface area (Å²) in [6.45, 7) is 5.06. The summed E-state index contributed by atoms with van der Waals surface area (Å²) in [7, 11) is 1.99. The minimum Gasteiger partial charge on any atom is -0.478 e. The van der Waals surface area contributed by atoms with E-state index in [0.717, 1.165) is 6.08 Å². The number of likely N-dealkylation sites (N-methyl/N-ethyl adjacent to an activating group) is 1. The lowest BCUT2D eigenvalue weighted by Gasteiger charge is -2.42. The number of nitrogens with zero attached hydrogens (tertiary/aromatic N) is 2. The summed E-state index contributed by atoms with van der Waals surface area (Å²) in [4.78, 5) is 37.1. The zero-order valence-corrected chi connectivity index (χ0v) is 11.3. The summed E-state index contributed by atoms with van der Waals surface area (Å²) in [5.41, 5.74) is 0. The average Bonchev–Trinajstić information content (AvgIpc) is 2.32. The predicted molar refractivity (Wildman–Crippen MR) is 68.6 cm³/mol. The number of hydrogen-bond donors (Lipinski definition) is 2. The molecule has 0 aliphatic carbocycles. The highest BCUT2D eigenvalue weighted by Crippen LogP contribution is 2.13. The largest absolute Gasteiger partial charge is 0.478 e. The Balaban J connectivity index is 2.54. The molecule has 0 spiro atoms. The molecule has 0 bridgehead atoms. The van der Waals surface area contributed by atoms with Gasteiger partial charge in [0.15, 0.2) is 0 Å². The van der Waals surface area contributed by atoms with Gasteiger partial charge in [0.1, 0.15) is 0 Å². The van der Waals surface area contributed by atoms with Crippen molar-refractivity contribution >= 4 is 17.9 Å². The standard InChI is InChI=1S/C12H19N3O4/c1-8-6-15(7-9(2)14(8)3)12(19)13-10(16)4-5-11(17)18/h4-5,8-9H,6-7H2,1-3H3,(H,17,18)(H,13,16,19)/b5-4+. The van der Waals surface area contributed by atoms with Crippen LogP contribution in [-0.4, -0.2) is 65.0 Å². The molecule has 0 aromatic carbocycles. The Morgan fingerprint density at radius 3 is 2.16 bits per heavy atom. The monoisotopic (exact) mass is 269 g/mol. The highest BCUT2D eigenvalue weighted by atomic mass is 16.4. The first-order chi connectivity index (χ1) is 8.81. The van der Waals surface area contributed by atoms with Gasteiger partial charge >= 0.3 is 12.0 Å². The van der Waals surface area contributed by atoms with E-state index in [4.69, 9.17) is 5.11 Å². The van der Waals surface area contributed by atoms with Gasteiger partial charge in [-0.3, -0.25) is 15.0 Å². The first-order valence-electron chi connectivity index (χ1n) is 6.04. The maximum Gasteiger partial charge on any atom is 0.328 e. The number of amides is 3. The number of carbonyl (C=O) groups is 3. The molecule has 106 valence electrons. The molecule has 3 amide bonds. The second kappa shape index (κ2) is 6.33. The Morgan fingerprint density at radius 2 is 1.68 bits per heavy atom. The topological polar surface area (TPSA) is 90.0 Å². The molecule has 1 fully saturated rings. The van der Waals surface area contributed by atoms with Crippen LogP contribution >= 0.6 is 0 Å². The Kier molecular flexibility index (Phi) is 5.05. The molecule has 19 heavy (non-hydrogen) atoms. The fraction of sp³-hybridized carbons (Fsp3) is 0.583. The molecule has 2 N–H and O–H groups in total. The minimum absolute atomic E-state index is 0.208. The summed E-state index contributed by atoms with van der Waals surface area (Å²) < 4.78 is 0. The molecule has 1 rings (SSSR count). The molecule has 0 saturated carbocycles. The number of carboxylic acid groups (broad SMARTS) is 1. The normalized spacial score (nSPS) is 24.5. The first-order valence-corrected chi connectivity index (χ1v) is 6.04. The summed E-state index contributed by atoms with van der Waals surface area (Å²) in [6.07, 6.45) is 1.51. The fourth-order valence-electron chi connectivity index (χ4n) is 1.94. The maximum atomic E-state index is 11.8. The van der Waals surface area contributed by atoms with E-state index in [9.17, 15) is 14.4 Å². The van der Waals surface area contributed by atoms with Gasteiger partial charge in [-0.2, -0.15) is 0 Å². The quantitative estimate of drug-likeness (QED) is 0.683. The van der Waals surface area contributed by atoms with Crippen LogP contribution in [0.4, 0.5) is 4.79 Å². The van der Waals surface area contributed by atoms with Crippen LogP contribution in [0.25, 0.3) is 0 Å². The molecule has 1 saturated heterocycles. The summed E-state index contributed by atoms with van der Waals surface area (Å²) in [6, 6.07) is -0.0785. The van der Waals surface area contributed by atoms with E-state index in [2.05, 4.69) is 10.2 Å². The minimum atomic E-state index is -1.23. The van der Waals surface area contributed by atoms with E-state index in [1.54, 1.807) is 4.90 Å². The smallest absolute Gasteiger partial charge is 0.328 e. The van der Waals surface area contributed by atoms with E-state index in [1.807, 2.05) is 20.9 Å². The Labute approximate surface area is 111 Å². The molecule has 1 heterocycles. The maximum absolute atomic E-state index is 11.8. The van der Waals surface area contributed by atoms with Gasteiger partial charge < -0.3 is 10.0 Å². The van der Waals surface area contributed by atoms with Crippen LogP contribution in [0, 0.1) is 0 Å². The molecule has 7 heteroatoms. The number of rotatable bonds is 2. The van der Waals surface area contributed by atoms with E-state index in [0.29, 0.717) is 19.2 Å². The second-order valence-electron chi connectivity index (χ2n) is 4.73. The van der Waals surface area contributed by atoms with Crippen LogP contribution in [0.5, 0.6) is 0 Å². The van der Waals surface area contributed by atoms with Gasteiger partial charge in [-0.1, -0.05) is 0 Å². The molecule has 7 nitrogen and oxygen atoms in total. The van der Waals surface area contributed by atoms with E-state index < -0.39 is 17.9 Å². The number of imide groups is 1. The second-order valence-corrected chi connectivity index (χ2v) is 4.73. The van der Waals surface area contributed by atoms with Crippen LogP contribution < -0.4 is 5.32 Å². The van der Waals surface area contributed by atoms with Crippen molar-refractivity contribution in [2.45, 2.75) is 25.9 Å². The van der Waals surface area contributed by atoms with Crippen molar-refractivity contribution in [1.82, 2.24) is 15.1 Å². The number of hydrogen-bond acceptors (Lipinski definition) is 4. The van der Waals surface area contributed by atoms with Crippen molar-refractivity contribution in [3.8, 4) is 0 Å². The number of carboxylic acids is 1. The molecule has 0 aromatic heterocycles. The Morgan fingerprint density at radius 1 is 1.16 bits per heavy atom. The van der Waals surface area contributed by atoms with Gasteiger partial charge in [0.25, 0.3) is 5.91 Å². The number of piperazine rings is 1. The molecular formula is C12H19N3O4. The highest BCUT2D eigenvalue weighted by Gasteiger charge is 2.29. The lowest BCUT2D eigenvalue weighted by atomic mass is 10.1. The number of carbonyl (C=O) groups excluding carboxylic acids is 2. The summed E-state index contributed by atoms with van der Waals surface area (Å²) >= 11 is 0. The van der Waals surface area contributed by atoms with Crippen molar-refractivity contribution < 1.29 is 19.5 Å². The van der Waals surface area contributed by atoms with Gasteiger partial charge in [-0.15, -0.1) is 0 Å². The molecule has 1 aliphatic rings. The summed E-state index contributed by atoms with van der Waals surface area (Å²) in [5.74, 6) is -1.96. The lowest BCUT2D eigenvalue weighted by molar-refractivity contribution is -0.131. The zero-order valence-electron chi connectivity index (χ0n) is 11.3. The van der Waals surface area contributed by atoms with Crippen LogP contribution in [0.15, 0.2) is 12.2 Å².